The number of anilines is 1. The molecule has 1 aliphatic heterocycles. The van der Waals surface area contributed by atoms with Gasteiger partial charge in [0.2, 0.25) is 0 Å². The minimum Gasteiger partial charge on any atom is -0.488 e. The smallest absolute Gasteiger partial charge is 0.340 e. The van der Waals surface area contributed by atoms with E-state index in [0.717, 1.165) is 69.7 Å². The van der Waals surface area contributed by atoms with Crippen molar-refractivity contribution in [3.8, 4) is 5.75 Å². The Labute approximate surface area is 254 Å². The molecule has 2 heterocycles. The Morgan fingerprint density at radius 2 is 1.63 bits per heavy atom. The standard InChI is InChI=1S/C38H38N2O3/c1-6-27-16-10-11-17-28(27)25-42-35-24-29(39(7-2)8-3)22-23-33(35)38(32-20-14-12-18-30(32)37(41)43-38)36-26(5)40(9-4)34-21-15-13-19-31(34)36/h6,10-24H,1,7-9,25H2,2-5H3. The van der Waals surface area contributed by atoms with Crippen LogP contribution in [0.4, 0.5) is 5.69 Å². The molecule has 6 rings (SSSR count). The first-order valence-electron chi connectivity index (χ1n) is 15.1. The lowest BCUT2D eigenvalue weighted by molar-refractivity contribution is 0.0245. The van der Waals surface area contributed by atoms with Gasteiger partial charge >= 0.3 is 5.97 Å². The maximum absolute atomic E-state index is 13.7. The minimum atomic E-state index is -1.20. The summed E-state index contributed by atoms with van der Waals surface area (Å²) in [6.07, 6.45) is 1.85. The van der Waals surface area contributed by atoms with E-state index < -0.39 is 5.60 Å². The van der Waals surface area contributed by atoms with Gasteiger partial charge in [-0.2, -0.15) is 0 Å². The van der Waals surface area contributed by atoms with Crippen molar-refractivity contribution in [2.45, 2.75) is 46.4 Å². The van der Waals surface area contributed by atoms with Crippen molar-refractivity contribution >= 4 is 28.6 Å². The molecule has 0 bridgehead atoms. The van der Waals surface area contributed by atoms with Crippen LogP contribution in [-0.4, -0.2) is 23.6 Å². The Balaban J connectivity index is 1.66. The molecule has 4 aromatic carbocycles. The number of benzene rings is 4. The van der Waals surface area contributed by atoms with Gasteiger partial charge in [-0.05, 0) is 63.1 Å². The Morgan fingerprint density at radius 1 is 0.907 bits per heavy atom. The summed E-state index contributed by atoms with van der Waals surface area (Å²) in [7, 11) is 0. The first-order chi connectivity index (χ1) is 21.0. The largest absolute Gasteiger partial charge is 0.488 e. The van der Waals surface area contributed by atoms with Gasteiger partial charge in [-0.25, -0.2) is 4.79 Å². The van der Waals surface area contributed by atoms with E-state index in [1.165, 1.54) is 0 Å². The first-order valence-corrected chi connectivity index (χ1v) is 15.1. The van der Waals surface area contributed by atoms with Crippen molar-refractivity contribution in [2.75, 3.05) is 18.0 Å². The number of nitrogens with zero attached hydrogens (tertiary/aromatic N) is 2. The van der Waals surface area contributed by atoms with Crippen molar-refractivity contribution in [1.82, 2.24) is 4.57 Å². The maximum atomic E-state index is 13.7. The van der Waals surface area contributed by atoms with Crippen LogP contribution < -0.4 is 9.64 Å². The lowest BCUT2D eigenvalue weighted by Gasteiger charge is -2.33. The van der Waals surface area contributed by atoms with E-state index in [9.17, 15) is 4.79 Å². The van der Waals surface area contributed by atoms with Gasteiger partial charge in [-0.3, -0.25) is 0 Å². The number of para-hydroxylation sites is 1. The number of ether oxygens (including phenoxy) is 2. The number of hydrogen-bond donors (Lipinski definition) is 0. The fourth-order valence-corrected chi connectivity index (χ4v) is 6.75. The summed E-state index contributed by atoms with van der Waals surface area (Å²) in [6, 6.07) is 30.6. The van der Waals surface area contributed by atoms with Crippen LogP contribution in [0, 0.1) is 6.92 Å². The molecular weight excluding hydrogens is 532 g/mol. The zero-order valence-corrected chi connectivity index (χ0v) is 25.4. The molecule has 1 unspecified atom stereocenters. The highest BCUT2D eigenvalue weighted by atomic mass is 16.6. The Bertz CT molecular complexity index is 1830. The van der Waals surface area contributed by atoms with Gasteiger partial charge in [0.1, 0.15) is 12.4 Å². The monoisotopic (exact) mass is 570 g/mol. The van der Waals surface area contributed by atoms with Gasteiger partial charge in [-0.1, -0.05) is 73.3 Å². The predicted molar refractivity (Wildman–Crippen MR) is 175 cm³/mol. The molecular formula is C38H38N2O3. The zero-order chi connectivity index (χ0) is 30.1. The Hall–Kier alpha value is -4.77. The molecule has 0 fully saturated rings. The quantitative estimate of drug-likeness (QED) is 0.158. The highest BCUT2D eigenvalue weighted by Gasteiger charge is 2.52. The summed E-state index contributed by atoms with van der Waals surface area (Å²) >= 11 is 0. The van der Waals surface area contributed by atoms with E-state index in [2.05, 4.69) is 92.3 Å². The minimum absolute atomic E-state index is 0.334. The second kappa shape index (κ2) is 11.5. The molecule has 43 heavy (non-hydrogen) atoms. The summed E-state index contributed by atoms with van der Waals surface area (Å²) in [5.41, 5.74) is 7.26. The molecule has 0 radical (unpaired) electrons. The molecule has 0 saturated carbocycles. The van der Waals surface area contributed by atoms with Crippen molar-refractivity contribution in [2.24, 2.45) is 0 Å². The molecule has 218 valence electrons. The number of rotatable bonds is 10. The van der Waals surface area contributed by atoms with E-state index in [4.69, 9.17) is 9.47 Å². The van der Waals surface area contributed by atoms with Gasteiger partial charge in [-0.15, -0.1) is 0 Å². The molecule has 0 amide bonds. The predicted octanol–water partition coefficient (Wildman–Crippen LogP) is 8.50. The molecule has 0 saturated heterocycles. The van der Waals surface area contributed by atoms with E-state index in [0.29, 0.717) is 17.9 Å². The lowest BCUT2D eigenvalue weighted by atomic mass is 9.78. The topological polar surface area (TPSA) is 43.7 Å². The average Bonchev–Trinajstić information content (AvgIpc) is 3.51. The van der Waals surface area contributed by atoms with Crippen molar-refractivity contribution in [1.29, 1.82) is 0 Å². The van der Waals surface area contributed by atoms with Crippen molar-refractivity contribution in [3.05, 3.63) is 137 Å². The van der Waals surface area contributed by atoms with Crippen LogP contribution in [0.2, 0.25) is 0 Å². The van der Waals surface area contributed by atoms with Crippen LogP contribution in [-0.2, 0) is 23.5 Å². The van der Waals surface area contributed by atoms with Crippen LogP contribution in [0.15, 0.2) is 97.6 Å². The van der Waals surface area contributed by atoms with Crippen LogP contribution in [0.3, 0.4) is 0 Å². The van der Waals surface area contributed by atoms with E-state index >= 15 is 0 Å². The molecule has 1 aromatic heterocycles. The highest BCUT2D eigenvalue weighted by molar-refractivity contribution is 5.99. The van der Waals surface area contributed by atoms with E-state index in [1.54, 1.807) is 0 Å². The second-order valence-electron chi connectivity index (χ2n) is 10.9. The first kappa shape index (κ1) is 28.4. The highest BCUT2D eigenvalue weighted by Crippen LogP contribution is 2.53. The van der Waals surface area contributed by atoms with Crippen LogP contribution in [0.1, 0.15) is 64.6 Å². The third-order valence-electron chi connectivity index (χ3n) is 8.80. The molecule has 1 aliphatic rings. The van der Waals surface area contributed by atoms with Crippen molar-refractivity contribution in [3.63, 3.8) is 0 Å². The van der Waals surface area contributed by atoms with Gasteiger partial charge in [0, 0.05) is 64.7 Å². The molecule has 5 heteroatoms. The number of fused-ring (bicyclic) bond motifs is 2. The molecule has 5 nitrogen and oxygen atoms in total. The summed E-state index contributed by atoms with van der Waals surface area (Å²) in [5.74, 6) is 0.347. The SMILES string of the molecule is C=Cc1ccccc1COc1cc(N(CC)CC)ccc1C1(c2c(C)n(CC)c3ccccc23)OC(=O)c2ccccc21. The van der Waals surface area contributed by atoms with Crippen LogP contribution in [0.5, 0.6) is 5.75 Å². The Morgan fingerprint density at radius 3 is 2.40 bits per heavy atom. The zero-order valence-electron chi connectivity index (χ0n) is 25.4. The number of hydrogen-bond acceptors (Lipinski definition) is 4. The molecule has 0 N–H and O–H groups in total. The normalized spacial score (nSPS) is 15.8. The van der Waals surface area contributed by atoms with Gasteiger partial charge in [0.25, 0.3) is 0 Å². The lowest BCUT2D eigenvalue weighted by Crippen LogP contribution is -2.31. The Kier molecular flexibility index (Phi) is 7.57. The molecule has 0 aliphatic carbocycles. The van der Waals surface area contributed by atoms with Crippen LogP contribution >= 0.6 is 0 Å². The second-order valence-corrected chi connectivity index (χ2v) is 10.9. The number of aryl methyl sites for hydroxylation is 1. The van der Waals surface area contributed by atoms with Crippen molar-refractivity contribution < 1.29 is 14.3 Å². The van der Waals surface area contributed by atoms with Crippen LogP contribution in [0.25, 0.3) is 17.0 Å². The van der Waals surface area contributed by atoms with E-state index in [-0.39, 0.29) is 5.97 Å². The van der Waals surface area contributed by atoms with Gasteiger partial charge < -0.3 is 18.9 Å². The van der Waals surface area contributed by atoms with Gasteiger partial charge in [0.15, 0.2) is 5.60 Å². The summed E-state index contributed by atoms with van der Waals surface area (Å²) in [5, 5.41) is 1.06. The number of carbonyl (C=O) groups is 1. The molecule has 1 atom stereocenters. The van der Waals surface area contributed by atoms with E-state index in [1.807, 2.05) is 48.5 Å². The summed E-state index contributed by atoms with van der Waals surface area (Å²) < 4.78 is 15.7. The summed E-state index contributed by atoms with van der Waals surface area (Å²) in [6.45, 7) is 15.4. The van der Waals surface area contributed by atoms with Gasteiger partial charge in [0.05, 0.1) is 5.56 Å². The summed E-state index contributed by atoms with van der Waals surface area (Å²) in [4.78, 5) is 16.0. The number of aromatic nitrogens is 1. The average molecular weight is 571 g/mol. The third-order valence-corrected chi connectivity index (χ3v) is 8.80. The fourth-order valence-electron chi connectivity index (χ4n) is 6.75. The maximum Gasteiger partial charge on any atom is 0.340 e. The molecule has 5 aromatic rings. The number of cyclic esters (lactones) is 1. The fraction of sp³-hybridized carbons (Fsp3) is 0.237. The third kappa shape index (κ3) is 4.51. The number of carbonyl (C=O) groups excluding carboxylic acids is 1. The molecule has 0 spiro atoms. The number of esters is 1.